The van der Waals surface area contributed by atoms with Gasteiger partial charge in [-0.3, -0.25) is 4.31 Å². The topological polar surface area (TPSA) is 63.4 Å². The van der Waals surface area contributed by atoms with E-state index >= 15 is 0 Å². The molecule has 0 saturated heterocycles. The third-order valence-electron chi connectivity index (χ3n) is 2.57. The summed E-state index contributed by atoms with van der Waals surface area (Å²) in [5.41, 5.74) is 6.44. The summed E-state index contributed by atoms with van der Waals surface area (Å²) in [6.07, 6.45) is 0. The summed E-state index contributed by atoms with van der Waals surface area (Å²) in [6, 6.07) is 6.04. The predicted octanol–water partition coefficient (Wildman–Crippen LogP) is 4.22. The molecule has 2 rings (SSSR count). The number of anilines is 2. The van der Waals surface area contributed by atoms with Crippen LogP contribution in [0.1, 0.15) is 0 Å². The molecule has 0 amide bonds. The van der Waals surface area contributed by atoms with Gasteiger partial charge in [0.1, 0.15) is 4.21 Å². The number of rotatable bonds is 3. The standard InChI is InChI=1S/C11H9BrCl2N2O2S2/c1-16(9-4-6(13)2-3-8(9)15)20(17,18)10-5-7(14)11(12)19-10/h2-5H,15H2,1H3. The summed E-state index contributed by atoms with van der Waals surface area (Å²) in [5.74, 6) is 0. The van der Waals surface area contributed by atoms with E-state index in [-0.39, 0.29) is 4.21 Å². The van der Waals surface area contributed by atoms with E-state index in [0.29, 0.717) is 25.2 Å². The number of benzene rings is 1. The maximum Gasteiger partial charge on any atom is 0.273 e. The first-order valence-electron chi connectivity index (χ1n) is 5.22. The van der Waals surface area contributed by atoms with Crippen LogP contribution in [0.25, 0.3) is 0 Å². The van der Waals surface area contributed by atoms with Gasteiger partial charge in [0.05, 0.1) is 20.2 Å². The molecule has 2 N–H and O–H groups in total. The quantitative estimate of drug-likeness (QED) is 0.763. The predicted molar refractivity (Wildman–Crippen MR) is 88.5 cm³/mol. The van der Waals surface area contributed by atoms with Gasteiger partial charge in [-0.2, -0.15) is 0 Å². The van der Waals surface area contributed by atoms with Crippen molar-refractivity contribution in [1.82, 2.24) is 0 Å². The van der Waals surface area contributed by atoms with Crippen molar-refractivity contribution in [3.05, 3.63) is 38.1 Å². The van der Waals surface area contributed by atoms with Crippen LogP contribution in [0.3, 0.4) is 0 Å². The SMILES string of the molecule is CN(c1cc(Cl)ccc1N)S(=O)(=O)c1cc(Cl)c(Br)s1. The van der Waals surface area contributed by atoms with Crippen molar-refractivity contribution >= 4 is 71.9 Å². The fourth-order valence-electron chi connectivity index (χ4n) is 1.51. The number of sulfonamides is 1. The molecule has 0 fully saturated rings. The van der Waals surface area contributed by atoms with E-state index in [0.717, 1.165) is 15.6 Å². The monoisotopic (exact) mass is 414 g/mol. The molecule has 1 aromatic carbocycles. The van der Waals surface area contributed by atoms with Gasteiger partial charge in [-0.25, -0.2) is 8.42 Å². The molecule has 2 aromatic rings. The van der Waals surface area contributed by atoms with Crippen LogP contribution in [0.4, 0.5) is 11.4 Å². The van der Waals surface area contributed by atoms with Crippen molar-refractivity contribution < 1.29 is 8.42 Å². The summed E-state index contributed by atoms with van der Waals surface area (Å²) in [6.45, 7) is 0. The molecular weight excluding hydrogens is 407 g/mol. The first-order chi connectivity index (χ1) is 9.23. The zero-order valence-corrected chi connectivity index (χ0v) is 14.8. The van der Waals surface area contributed by atoms with Crippen LogP contribution in [-0.2, 0) is 10.0 Å². The maximum atomic E-state index is 12.5. The van der Waals surface area contributed by atoms with Crippen LogP contribution in [0.2, 0.25) is 10.0 Å². The normalized spacial score (nSPS) is 11.6. The molecule has 0 unspecified atom stereocenters. The highest BCUT2D eigenvalue weighted by Crippen LogP contribution is 2.38. The molecule has 9 heteroatoms. The fraction of sp³-hybridized carbons (Fsp3) is 0.0909. The Morgan fingerprint density at radius 2 is 1.95 bits per heavy atom. The lowest BCUT2D eigenvalue weighted by Crippen LogP contribution is -2.26. The van der Waals surface area contributed by atoms with Crippen LogP contribution in [-0.4, -0.2) is 15.5 Å². The zero-order chi connectivity index (χ0) is 15.1. The molecule has 4 nitrogen and oxygen atoms in total. The van der Waals surface area contributed by atoms with E-state index in [9.17, 15) is 8.42 Å². The molecule has 1 heterocycles. The highest BCUT2D eigenvalue weighted by atomic mass is 79.9. The Balaban J connectivity index is 2.51. The van der Waals surface area contributed by atoms with Crippen molar-refractivity contribution in [2.75, 3.05) is 17.1 Å². The molecule has 0 radical (unpaired) electrons. The summed E-state index contributed by atoms with van der Waals surface area (Å²) in [4.78, 5) is 0. The minimum absolute atomic E-state index is 0.122. The molecular formula is C11H9BrCl2N2O2S2. The number of hydrogen-bond acceptors (Lipinski definition) is 4. The van der Waals surface area contributed by atoms with Crippen molar-refractivity contribution in [2.24, 2.45) is 0 Å². The van der Waals surface area contributed by atoms with Gasteiger partial charge in [-0.1, -0.05) is 23.2 Å². The first kappa shape index (κ1) is 15.9. The van der Waals surface area contributed by atoms with E-state index in [2.05, 4.69) is 15.9 Å². The third kappa shape index (κ3) is 2.92. The molecule has 1 aromatic heterocycles. The number of nitrogens with two attached hydrogens (primary N) is 1. The van der Waals surface area contributed by atoms with Gasteiger partial charge >= 0.3 is 0 Å². The Labute approximate surface area is 139 Å². The smallest absolute Gasteiger partial charge is 0.273 e. The van der Waals surface area contributed by atoms with Crippen LogP contribution < -0.4 is 10.0 Å². The molecule has 0 aliphatic heterocycles. The molecule has 20 heavy (non-hydrogen) atoms. The number of thiophene rings is 1. The molecule has 0 saturated carbocycles. The zero-order valence-electron chi connectivity index (χ0n) is 10.1. The molecule has 0 aliphatic rings. The van der Waals surface area contributed by atoms with Gasteiger partial charge in [0, 0.05) is 12.1 Å². The van der Waals surface area contributed by atoms with Gasteiger partial charge in [-0.15, -0.1) is 11.3 Å². The second-order valence-electron chi connectivity index (χ2n) is 3.86. The highest BCUT2D eigenvalue weighted by molar-refractivity contribution is 9.11. The van der Waals surface area contributed by atoms with Crippen LogP contribution in [0.5, 0.6) is 0 Å². The summed E-state index contributed by atoms with van der Waals surface area (Å²) >= 11 is 16.0. The number of hydrogen-bond donors (Lipinski definition) is 1. The third-order valence-corrected chi connectivity index (χ3v) is 7.50. The van der Waals surface area contributed by atoms with Gasteiger partial charge in [0.2, 0.25) is 0 Å². The van der Waals surface area contributed by atoms with Gasteiger partial charge in [0.25, 0.3) is 10.0 Å². The Morgan fingerprint density at radius 3 is 2.50 bits per heavy atom. The summed E-state index contributed by atoms with van der Waals surface area (Å²) in [5, 5.41) is 0.752. The van der Waals surface area contributed by atoms with E-state index < -0.39 is 10.0 Å². The van der Waals surface area contributed by atoms with Crippen LogP contribution in [0, 0.1) is 0 Å². The molecule has 108 valence electrons. The highest BCUT2D eigenvalue weighted by Gasteiger charge is 2.26. The molecule has 0 bridgehead atoms. The van der Waals surface area contributed by atoms with E-state index in [1.807, 2.05) is 0 Å². The minimum atomic E-state index is -3.73. The Kier molecular flexibility index (Phi) is 4.56. The fourth-order valence-corrected chi connectivity index (χ4v) is 5.46. The Bertz CT molecular complexity index is 742. The summed E-state index contributed by atoms with van der Waals surface area (Å²) < 4.78 is 26.8. The van der Waals surface area contributed by atoms with Crippen LogP contribution in [0.15, 0.2) is 32.3 Å². The maximum absolute atomic E-state index is 12.5. The molecule has 0 atom stereocenters. The lowest BCUT2D eigenvalue weighted by atomic mass is 10.3. The first-order valence-corrected chi connectivity index (χ1v) is 9.03. The van der Waals surface area contributed by atoms with Gasteiger partial charge in [0.15, 0.2) is 0 Å². The lowest BCUT2D eigenvalue weighted by molar-refractivity contribution is 0.596. The van der Waals surface area contributed by atoms with E-state index in [1.54, 1.807) is 12.1 Å². The van der Waals surface area contributed by atoms with Crippen molar-refractivity contribution in [3.63, 3.8) is 0 Å². The van der Waals surface area contributed by atoms with Gasteiger partial charge < -0.3 is 5.73 Å². The van der Waals surface area contributed by atoms with Crippen molar-refractivity contribution in [3.8, 4) is 0 Å². The Hall–Kier alpha value is -0.470. The van der Waals surface area contributed by atoms with E-state index in [1.165, 1.54) is 19.2 Å². The second kappa shape index (κ2) is 5.73. The molecule has 0 spiro atoms. The number of nitrogen functional groups attached to an aromatic ring is 1. The van der Waals surface area contributed by atoms with Crippen LogP contribution >= 0.6 is 50.5 Å². The Morgan fingerprint density at radius 1 is 1.30 bits per heavy atom. The lowest BCUT2D eigenvalue weighted by Gasteiger charge is -2.20. The summed E-state index contributed by atoms with van der Waals surface area (Å²) in [7, 11) is -2.32. The average Bonchev–Trinajstić information content (AvgIpc) is 2.72. The minimum Gasteiger partial charge on any atom is -0.397 e. The average molecular weight is 416 g/mol. The van der Waals surface area contributed by atoms with Crippen molar-refractivity contribution in [1.29, 1.82) is 0 Å². The van der Waals surface area contributed by atoms with Crippen molar-refractivity contribution in [2.45, 2.75) is 4.21 Å². The van der Waals surface area contributed by atoms with E-state index in [4.69, 9.17) is 28.9 Å². The number of halogens is 3. The van der Waals surface area contributed by atoms with Gasteiger partial charge in [-0.05, 0) is 40.2 Å². The largest absolute Gasteiger partial charge is 0.397 e. The second-order valence-corrected chi connectivity index (χ2v) is 9.27. The number of nitrogens with zero attached hydrogens (tertiary/aromatic N) is 1. The molecule has 0 aliphatic carbocycles.